The van der Waals surface area contributed by atoms with Gasteiger partial charge in [-0.2, -0.15) is 0 Å². The lowest BCUT2D eigenvalue weighted by Gasteiger charge is -2.12. The first-order chi connectivity index (χ1) is 13.1. The standard InChI is InChI=1S/C20H23NO6/c1-3-4-16-5-10-19(20(15-16)24-2)27-14-12-25-11-13-26-18-8-6-17(7-9-18)21(22)23/h3,5-10,15H,1,4,11-14H2,2H3. The highest BCUT2D eigenvalue weighted by molar-refractivity contribution is 5.43. The average molecular weight is 373 g/mol. The van der Waals surface area contributed by atoms with Crippen LogP contribution in [-0.2, 0) is 11.2 Å². The molecule has 7 heteroatoms. The van der Waals surface area contributed by atoms with Crippen molar-refractivity contribution in [1.82, 2.24) is 0 Å². The molecule has 144 valence electrons. The summed E-state index contributed by atoms with van der Waals surface area (Å²) in [6.07, 6.45) is 2.61. The van der Waals surface area contributed by atoms with Crippen LogP contribution >= 0.6 is 0 Å². The van der Waals surface area contributed by atoms with Gasteiger partial charge in [-0.15, -0.1) is 6.58 Å². The Morgan fingerprint density at radius 2 is 1.70 bits per heavy atom. The van der Waals surface area contributed by atoms with Crippen molar-refractivity contribution in [1.29, 1.82) is 0 Å². The van der Waals surface area contributed by atoms with Gasteiger partial charge in [0, 0.05) is 12.1 Å². The van der Waals surface area contributed by atoms with Gasteiger partial charge in [0.2, 0.25) is 0 Å². The van der Waals surface area contributed by atoms with Crippen LogP contribution in [0.15, 0.2) is 55.1 Å². The Balaban J connectivity index is 1.64. The third kappa shape index (κ3) is 6.63. The van der Waals surface area contributed by atoms with Gasteiger partial charge in [0.25, 0.3) is 5.69 Å². The first-order valence-corrected chi connectivity index (χ1v) is 8.49. The third-order valence-electron chi connectivity index (χ3n) is 3.64. The number of hydrogen-bond acceptors (Lipinski definition) is 6. The van der Waals surface area contributed by atoms with Crippen LogP contribution in [0.2, 0.25) is 0 Å². The van der Waals surface area contributed by atoms with E-state index in [0.717, 1.165) is 12.0 Å². The molecule has 0 fully saturated rings. The Hall–Kier alpha value is -3.06. The van der Waals surface area contributed by atoms with Gasteiger partial charge in [-0.3, -0.25) is 10.1 Å². The second-order valence-corrected chi connectivity index (χ2v) is 5.54. The lowest BCUT2D eigenvalue weighted by Crippen LogP contribution is -2.12. The molecule has 7 nitrogen and oxygen atoms in total. The van der Waals surface area contributed by atoms with E-state index in [1.165, 1.54) is 12.1 Å². The quantitative estimate of drug-likeness (QED) is 0.244. The maximum atomic E-state index is 10.6. The Morgan fingerprint density at radius 1 is 1.00 bits per heavy atom. The summed E-state index contributed by atoms with van der Waals surface area (Å²) in [6, 6.07) is 11.7. The zero-order valence-corrected chi connectivity index (χ0v) is 15.3. The van der Waals surface area contributed by atoms with Crippen molar-refractivity contribution in [2.75, 3.05) is 33.5 Å². The average Bonchev–Trinajstić information content (AvgIpc) is 2.68. The molecule has 0 unspecified atom stereocenters. The second kappa shape index (κ2) is 10.8. The predicted octanol–water partition coefficient (Wildman–Crippen LogP) is 3.81. The van der Waals surface area contributed by atoms with E-state index < -0.39 is 4.92 Å². The molecule has 0 aliphatic heterocycles. The molecule has 2 rings (SSSR count). The van der Waals surface area contributed by atoms with Crippen molar-refractivity contribution < 1.29 is 23.9 Å². The van der Waals surface area contributed by atoms with Crippen molar-refractivity contribution >= 4 is 5.69 Å². The molecule has 2 aromatic rings. The first kappa shape index (κ1) is 20.3. The number of non-ortho nitro benzene ring substituents is 1. The molecule has 0 spiro atoms. The predicted molar refractivity (Wildman–Crippen MR) is 102 cm³/mol. The van der Waals surface area contributed by atoms with Crippen LogP contribution in [0.5, 0.6) is 17.2 Å². The van der Waals surface area contributed by atoms with E-state index in [2.05, 4.69) is 6.58 Å². The van der Waals surface area contributed by atoms with Crippen LogP contribution in [0, 0.1) is 10.1 Å². The Morgan fingerprint density at radius 3 is 2.33 bits per heavy atom. The minimum atomic E-state index is -0.450. The normalized spacial score (nSPS) is 10.3. The molecular formula is C20H23NO6. The second-order valence-electron chi connectivity index (χ2n) is 5.54. The number of nitro benzene ring substituents is 1. The number of nitro groups is 1. The zero-order valence-electron chi connectivity index (χ0n) is 15.3. The Labute approximate surface area is 158 Å². The number of ether oxygens (including phenoxy) is 4. The molecule has 0 saturated heterocycles. The molecule has 0 heterocycles. The Bertz CT molecular complexity index is 745. The number of hydrogen-bond donors (Lipinski definition) is 0. The molecule has 2 aromatic carbocycles. The van der Waals surface area contributed by atoms with Crippen LogP contribution in [0.25, 0.3) is 0 Å². The maximum Gasteiger partial charge on any atom is 0.269 e. The van der Waals surface area contributed by atoms with E-state index in [1.807, 2.05) is 24.3 Å². The fraction of sp³-hybridized carbons (Fsp3) is 0.300. The van der Waals surface area contributed by atoms with Gasteiger partial charge < -0.3 is 18.9 Å². The van der Waals surface area contributed by atoms with Gasteiger partial charge >= 0.3 is 0 Å². The van der Waals surface area contributed by atoms with Crippen molar-refractivity contribution in [3.8, 4) is 17.2 Å². The van der Waals surface area contributed by atoms with Crippen molar-refractivity contribution in [2.45, 2.75) is 6.42 Å². The summed E-state index contributed by atoms with van der Waals surface area (Å²) in [5.74, 6) is 1.90. The molecule has 0 aromatic heterocycles. The smallest absolute Gasteiger partial charge is 0.269 e. The van der Waals surface area contributed by atoms with E-state index in [0.29, 0.717) is 43.7 Å². The highest BCUT2D eigenvalue weighted by atomic mass is 16.6. The van der Waals surface area contributed by atoms with Gasteiger partial charge in [0.15, 0.2) is 11.5 Å². The summed E-state index contributed by atoms with van der Waals surface area (Å²) in [5, 5.41) is 10.6. The third-order valence-corrected chi connectivity index (χ3v) is 3.64. The Kier molecular flexibility index (Phi) is 8.12. The van der Waals surface area contributed by atoms with Crippen LogP contribution in [-0.4, -0.2) is 38.5 Å². The molecule has 0 saturated carbocycles. The van der Waals surface area contributed by atoms with Gasteiger partial charge in [-0.25, -0.2) is 0 Å². The van der Waals surface area contributed by atoms with Gasteiger partial charge in [-0.1, -0.05) is 12.1 Å². The monoisotopic (exact) mass is 373 g/mol. The maximum absolute atomic E-state index is 10.6. The van der Waals surface area contributed by atoms with E-state index in [-0.39, 0.29) is 5.69 Å². The van der Waals surface area contributed by atoms with Crippen molar-refractivity contribution in [2.24, 2.45) is 0 Å². The fourth-order valence-corrected chi connectivity index (χ4v) is 2.32. The highest BCUT2D eigenvalue weighted by Crippen LogP contribution is 2.28. The summed E-state index contributed by atoms with van der Waals surface area (Å²) in [7, 11) is 1.60. The van der Waals surface area contributed by atoms with Gasteiger partial charge in [0.05, 0.1) is 25.2 Å². The lowest BCUT2D eigenvalue weighted by atomic mass is 10.1. The topological polar surface area (TPSA) is 80.1 Å². The fourth-order valence-electron chi connectivity index (χ4n) is 2.32. The summed E-state index contributed by atoms with van der Waals surface area (Å²) in [4.78, 5) is 10.1. The number of methoxy groups -OCH3 is 1. The molecule has 0 aliphatic rings. The summed E-state index contributed by atoms with van der Waals surface area (Å²) < 4.78 is 21.9. The van der Waals surface area contributed by atoms with Crippen molar-refractivity contribution in [3.63, 3.8) is 0 Å². The molecule has 0 radical (unpaired) electrons. The van der Waals surface area contributed by atoms with E-state index >= 15 is 0 Å². The number of benzene rings is 2. The molecule has 0 aliphatic carbocycles. The van der Waals surface area contributed by atoms with E-state index in [4.69, 9.17) is 18.9 Å². The number of nitrogens with zero attached hydrogens (tertiary/aromatic N) is 1. The van der Waals surface area contributed by atoms with E-state index in [1.54, 1.807) is 19.2 Å². The summed E-state index contributed by atoms with van der Waals surface area (Å²) in [6.45, 7) is 5.24. The van der Waals surface area contributed by atoms with Gasteiger partial charge in [0.1, 0.15) is 19.0 Å². The minimum absolute atomic E-state index is 0.0312. The molecule has 0 N–H and O–H groups in total. The summed E-state index contributed by atoms with van der Waals surface area (Å²) in [5.41, 5.74) is 1.14. The lowest BCUT2D eigenvalue weighted by molar-refractivity contribution is -0.384. The van der Waals surface area contributed by atoms with Crippen LogP contribution in [0.3, 0.4) is 0 Å². The first-order valence-electron chi connectivity index (χ1n) is 8.49. The molecule has 0 atom stereocenters. The van der Waals surface area contributed by atoms with E-state index in [9.17, 15) is 10.1 Å². The molecule has 0 amide bonds. The minimum Gasteiger partial charge on any atom is -0.493 e. The molecule has 0 bridgehead atoms. The molecule has 27 heavy (non-hydrogen) atoms. The summed E-state index contributed by atoms with van der Waals surface area (Å²) >= 11 is 0. The van der Waals surface area contributed by atoms with Crippen LogP contribution in [0.4, 0.5) is 5.69 Å². The number of allylic oxidation sites excluding steroid dienone is 1. The number of rotatable bonds is 12. The van der Waals surface area contributed by atoms with Gasteiger partial charge in [-0.05, 0) is 36.2 Å². The van der Waals surface area contributed by atoms with Crippen LogP contribution < -0.4 is 14.2 Å². The largest absolute Gasteiger partial charge is 0.493 e. The van der Waals surface area contributed by atoms with Crippen molar-refractivity contribution in [3.05, 3.63) is 70.8 Å². The zero-order chi connectivity index (χ0) is 19.5. The highest BCUT2D eigenvalue weighted by Gasteiger charge is 2.06. The van der Waals surface area contributed by atoms with Crippen LogP contribution in [0.1, 0.15) is 5.56 Å². The SMILES string of the molecule is C=CCc1ccc(OCCOCCOc2ccc([N+](=O)[O-])cc2)c(OC)c1. The molecular weight excluding hydrogens is 350 g/mol.